The largest absolute Gasteiger partial charge is 0.382 e. The first-order chi connectivity index (χ1) is 10.0. The summed E-state index contributed by atoms with van der Waals surface area (Å²) >= 11 is 1.37. The lowest BCUT2D eigenvalue weighted by molar-refractivity contribution is 0.0606. The van der Waals surface area contributed by atoms with Crippen LogP contribution >= 0.6 is 11.3 Å². The van der Waals surface area contributed by atoms with Gasteiger partial charge in [0, 0.05) is 18.6 Å². The van der Waals surface area contributed by atoms with Gasteiger partial charge in [-0.3, -0.25) is 4.79 Å². The van der Waals surface area contributed by atoms with Crippen molar-refractivity contribution in [2.24, 2.45) is 0 Å². The van der Waals surface area contributed by atoms with Gasteiger partial charge in [-0.2, -0.15) is 0 Å². The molecule has 0 bridgehead atoms. The van der Waals surface area contributed by atoms with Crippen LogP contribution in [0.15, 0.2) is 0 Å². The molecular weight excluding hydrogens is 284 g/mol. The molecule has 1 amide bonds. The summed E-state index contributed by atoms with van der Waals surface area (Å²) in [6.07, 6.45) is 5.58. The molecule has 1 aromatic heterocycles. The molecule has 6 heteroatoms. The van der Waals surface area contributed by atoms with Crippen LogP contribution in [0.3, 0.4) is 0 Å². The molecule has 0 radical (unpaired) electrons. The Morgan fingerprint density at radius 1 is 1.52 bits per heavy atom. The summed E-state index contributed by atoms with van der Waals surface area (Å²) in [6, 6.07) is 0.639. The number of nitrogens with zero attached hydrogens (tertiary/aromatic N) is 2. The van der Waals surface area contributed by atoms with Gasteiger partial charge in [0.25, 0.3) is 5.91 Å². The normalized spacial score (nSPS) is 19.0. The number of nitrogen functional groups attached to an aromatic ring is 1. The Morgan fingerprint density at radius 2 is 2.29 bits per heavy atom. The number of carbonyl (C=O) groups is 1. The minimum atomic E-state index is 0.0555. The van der Waals surface area contributed by atoms with E-state index in [0.29, 0.717) is 16.7 Å². The summed E-state index contributed by atoms with van der Waals surface area (Å²) in [5, 5.41) is 3.95. The van der Waals surface area contributed by atoms with Gasteiger partial charge >= 0.3 is 0 Å². The van der Waals surface area contributed by atoms with Crippen LogP contribution in [0, 0.1) is 0 Å². The Labute approximate surface area is 130 Å². The lowest BCUT2D eigenvalue weighted by Crippen LogP contribution is -2.43. The second kappa shape index (κ2) is 7.11. The second-order valence-electron chi connectivity index (χ2n) is 5.97. The molecule has 118 valence electrons. The van der Waals surface area contributed by atoms with E-state index in [-0.39, 0.29) is 11.9 Å². The smallest absolute Gasteiger partial charge is 0.268 e. The van der Waals surface area contributed by atoms with Crippen LogP contribution in [0.4, 0.5) is 10.9 Å². The Kier molecular flexibility index (Phi) is 5.45. The Balaban J connectivity index is 2.16. The molecule has 1 fully saturated rings. The van der Waals surface area contributed by atoms with Gasteiger partial charge in [-0.1, -0.05) is 24.7 Å². The van der Waals surface area contributed by atoms with Crippen molar-refractivity contribution < 1.29 is 4.79 Å². The Bertz CT molecular complexity index is 484. The number of likely N-dealkylation sites (tertiary alicyclic amines) is 1. The number of hydrogen-bond acceptors (Lipinski definition) is 5. The average molecular weight is 310 g/mol. The van der Waals surface area contributed by atoms with Gasteiger partial charge in [-0.05, 0) is 39.5 Å². The van der Waals surface area contributed by atoms with Crippen LogP contribution in [0.1, 0.15) is 62.5 Å². The fraction of sp³-hybridized carbons (Fsp3) is 0.733. The SMILES string of the molecule is CCCC1CCCCN1C(=O)c1sc(NC(C)C)nc1N. The third kappa shape index (κ3) is 3.87. The standard InChI is InChI=1S/C15H26N4OS/c1-4-7-11-8-5-6-9-19(11)14(20)12-13(16)18-15(21-12)17-10(2)3/h10-11H,4-9,16H2,1-3H3,(H,17,18). The van der Waals surface area contributed by atoms with Gasteiger partial charge in [0.1, 0.15) is 10.7 Å². The highest BCUT2D eigenvalue weighted by molar-refractivity contribution is 7.18. The molecule has 1 aliphatic heterocycles. The summed E-state index contributed by atoms with van der Waals surface area (Å²) in [6.45, 7) is 7.10. The van der Waals surface area contributed by atoms with E-state index in [4.69, 9.17) is 5.73 Å². The summed E-state index contributed by atoms with van der Waals surface area (Å²) in [7, 11) is 0. The van der Waals surface area contributed by atoms with Crippen LogP contribution in [0.2, 0.25) is 0 Å². The third-order valence-electron chi connectivity index (χ3n) is 3.77. The van der Waals surface area contributed by atoms with Gasteiger partial charge in [0.05, 0.1) is 0 Å². The van der Waals surface area contributed by atoms with Gasteiger partial charge in [-0.15, -0.1) is 0 Å². The molecule has 2 heterocycles. The van der Waals surface area contributed by atoms with E-state index in [0.717, 1.165) is 37.4 Å². The van der Waals surface area contributed by atoms with Crippen LogP contribution in [-0.4, -0.2) is 34.4 Å². The zero-order chi connectivity index (χ0) is 15.4. The second-order valence-corrected chi connectivity index (χ2v) is 6.97. The molecule has 1 unspecified atom stereocenters. The van der Waals surface area contributed by atoms with Crippen molar-refractivity contribution in [2.75, 3.05) is 17.6 Å². The van der Waals surface area contributed by atoms with Crippen molar-refractivity contribution in [2.45, 2.75) is 65.0 Å². The van der Waals surface area contributed by atoms with Crippen LogP contribution in [0.25, 0.3) is 0 Å². The Hall–Kier alpha value is -1.30. The molecule has 1 aliphatic rings. The molecule has 3 N–H and O–H groups in total. The maximum Gasteiger partial charge on any atom is 0.268 e. The number of rotatable bonds is 5. The van der Waals surface area contributed by atoms with Crippen molar-refractivity contribution in [3.63, 3.8) is 0 Å². The number of nitrogens with two attached hydrogens (primary N) is 1. The van der Waals surface area contributed by atoms with E-state index >= 15 is 0 Å². The lowest BCUT2D eigenvalue weighted by atomic mass is 9.98. The van der Waals surface area contributed by atoms with Crippen molar-refractivity contribution in [1.29, 1.82) is 0 Å². The number of amides is 1. The van der Waals surface area contributed by atoms with E-state index in [9.17, 15) is 4.79 Å². The molecule has 1 saturated heterocycles. The van der Waals surface area contributed by atoms with E-state index < -0.39 is 0 Å². The molecule has 2 rings (SSSR count). The topological polar surface area (TPSA) is 71.2 Å². The first-order valence-corrected chi connectivity index (χ1v) is 8.68. The van der Waals surface area contributed by atoms with Crippen molar-refractivity contribution in [3.8, 4) is 0 Å². The minimum absolute atomic E-state index is 0.0555. The molecule has 1 atom stereocenters. The first-order valence-electron chi connectivity index (χ1n) is 7.86. The number of nitrogens with one attached hydrogen (secondary N) is 1. The van der Waals surface area contributed by atoms with Gasteiger partial charge in [-0.25, -0.2) is 4.98 Å². The number of thiazole rings is 1. The zero-order valence-electron chi connectivity index (χ0n) is 13.2. The van der Waals surface area contributed by atoms with Crippen LogP contribution < -0.4 is 11.1 Å². The van der Waals surface area contributed by atoms with E-state index in [1.807, 2.05) is 18.7 Å². The van der Waals surface area contributed by atoms with Crippen molar-refractivity contribution in [3.05, 3.63) is 4.88 Å². The van der Waals surface area contributed by atoms with E-state index in [2.05, 4.69) is 17.2 Å². The summed E-state index contributed by atoms with van der Waals surface area (Å²) in [5.74, 6) is 0.411. The molecule has 0 aliphatic carbocycles. The Morgan fingerprint density at radius 3 is 2.95 bits per heavy atom. The molecule has 0 aromatic carbocycles. The molecule has 21 heavy (non-hydrogen) atoms. The zero-order valence-corrected chi connectivity index (χ0v) is 14.0. The predicted octanol–water partition coefficient (Wildman–Crippen LogP) is 3.34. The van der Waals surface area contributed by atoms with Gasteiger partial charge in [0.15, 0.2) is 5.13 Å². The quantitative estimate of drug-likeness (QED) is 0.875. The highest BCUT2D eigenvalue weighted by atomic mass is 32.1. The summed E-state index contributed by atoms with van der Waals surface area (Å²) in [5.41, 5.74) is 5.96. The minimum Gasteiger partial charge on any atom is -0.382 e. The highest BCUT2D eigenvalue weighted by Crippen LogP contribution is 2.30. The molecule has 1 aromatic rings. The summed E-state index contributed by atoms with van der Waals surface area (Å²) in [4.78, 5) is 19.7. The molecule has 0 spiro atoms. The lowest BCUT2D eigenvalue weighted by Gasteiger charge is -2.35. The maximum atomic E-state index is 12.8. The monoisotopic (exact) mass is 310 g/mol. The molecular formula is C15H26N4OS. The van der Waals surface area contributed by atoms with Crippen molar-refractivity contribution in [1.82, 2.24) is 9.88 Å². The van der Waals surface area contributed by atoms with E-state index in [1.165, 1.54) is 17.8 Å². The third-order valence-corrected chi connectivity index (χ3v) is 4.76. The van der Waals surface area contributed by atoms with Crippen LogP contribution in [0.5, 0.6) is 0 Å². The summed E-state index contributed by atoms with van der Waals surface area (Å²) < 4.78 is 0. The fourth-order valence-corrected chi connectivity index (χ4v) is 3.81. The fourth-order valence-electron chi connectivity index (χ4n) is 2.83. The molecule has 0 saturated carbocycles. The number of piperidine rings is 1. The van der Waals surface area contributed by atoms with Gasteiger partial charge < -0.3 is 16.0 Å². The number of anilines is 2. The first kappa shape index (κ1) is 16.1. The number of carbonyl (C=O) groups excluding carboxylic acids is 1. The van der Waals surface area contributed by atoms with Gasteiger partial charge in [0.2, 0.25) is 0 Å². The number of hydrogen-bond donors (Lipinski definition) is 2. The highest BCUT2D eigenvalue weighted by Gasteiger charge is 2.29. The van der Waals surface area contributed by atoms with Crippen molar-refractivity contribution >= 4 is 28.2 Å². The maximum absolute atomic E-state index is 12.8. The van der Waals surface area contributed by atoms with Crippen LogP contribution in [-0.2, 0) is 0 Å². The molecule has 5 nitrogen and oxygen atoms in total. The average Bonchev–Trinajstić information content (AvgIpc) is 2.79. The van der Waals surface area contributed by atoms with E-state index in [1.54, 1.807) is 0 Å². The predicted molar refractivity (Wildman–Crippen MR) is 88.9 cm³/mol. The number of aromatic nitrogens is 1.